The van der Waals surface area contributed by atoms with Crippen LogP contribution in [0.25, 0.3) is 0 Å². The highest BCUT2D eigenvalue weighted by atomic mass is 79.9. The molecule has 1 atom stereocenters. The largest absolute Gasteiger partial charge is 0.489 e. The SMILES string of the molecule is O[C@H]1CCc2cc(OCc3ccccc3Br)ccc21. The molecule has 0 aromatic heterocycles. The molecule has 1 aliphatic carbocycles. The van der Waals surface area contributed by atoms with Crippen molar-refractivity contribution < 1.29 is 9.84 Å². The van der Waals surface area contributed by atoms with Crippen LogP contribution >= 0.6 is 15.9 Å². The minimum absolute atomic E-state index is 0.299. The Morgan fingerprint density at radius 2 is 2.05 bits per heavy atom. The maximum Gasteiger partial charge on any atom is 0.120 e. The lowest BCUT2D eigenvalue weighted by Gasteiger charge is -2.10. The number of aryl methyl sites for hydroxylation is 1. The van der Waals surface area contributed by atoms with Crippen molar-refractivity contribution in [3.63, 3.8) is 0 Å². The molecule has 3 heteroatoms. The number of hydrogen-bond acceptors (Lipinski definition) is 2. The van der Waals surface area contributed by atoms with Crippen LogP contribution in [0.5, 0.6) is 5.75 Å². The normalized spacial score (nSPS) is 17.3. The summed E-state index contributed by atoms with van der Waals surface area (Å²) in [6.45, 7) is 0.544. The van der Waals surface area contributed by atoms with Gasteiger partial charge in [-0.2, -0.15) is 0 Å². The Bertz CT molecular complexity index is 595. The average Bonchev–Trinajstić information content (AvgIpc) is 2.79. The second kappa shape index (κ2) is 5.35. The van der Waals surface area contributed by atoms with Crippen LogP contribution in [-0.4, -0.2) is 5.11 Å². The van der Waals surface area contributed by atoms with Crippen molar-refractivity contribution in [3.05, 3.63) is 63.6 Å². The van der Waals surface area contributed by atoms with Crippen molar-refractivity contribution in [1.29, 1.82) is 0 Å². The van der Waals surface area contributed by atoms with Gasteiger partial charge in [-0.3, -0.25) is 0 Å². The molecule has 0 saturated carbocycles. The number of hydrogen-bond donors (Lipinski definition) is 1. The first-order valence-corrected chi connectivity index (χ1v) is 7.20. The average molecular weight is 319 g/mol. The Balaban J connectivity index is 1.73. The summed E-state index contributed by atoms with van der Waals surface area (Å²) in [5.74, 6) is 0.864. The van der Waals surface area contributed by atoms with Crippen LogP contribution < -0.4 is 4.74 Å². The summed E-state index contributed by atoms with van der Waals surface area (Å²) in [5.41, 5.74) is 3.38. The number of ether oxygens (including phenoxy) is 1. The Morgan fingerprint density at radius 1 is 1.21 bits per heavy atom. The van der Waals surface area contributed by atoms with E-state index in [0.29, 0.717) is 6.61 Å². The van der Waals surface area contributed by atoms with Crippen molar-refractivity contribution in [1.82, 2.24) is 0 Å². The number of halogens is 1. The molecule has 0 spiro atoms. The maximum atomic E-state index is 9.77. The first-order chi connectivity index (χ1) is 9.24. The van der Waals surface area contributed by atoms with E-state index in [1.54, 1.807) is 0 Å². The summed E-state index contributed by atoms with van der Waals surface area (Å²) in [6.07, 6.45) is 1.46. The highest BCUT2D eigenvalue weighted by molar-refractivity contribution is 9.10. The zero-order valence-electron chi connectivity index (χ0n) is 10.5. The molecule has 0 unspecified atom stereocenters. The fourth-order valence-electron chi connectivity index (χ4n) is 2.44. The molecule has 1 N–H and O–H groups in total. The molecular formula is C16H15BrO2. The van der Waals surface area contributed by atoms with E-state index in [9.17, 15) is 5.11 Å². The van der Waals surface area contributed by atoms with Gasteiger partial charge in [0.25, 0.3) is 0 Å². The first-order valence-electron chi connectivity index (χ1n) is 6.41. The van der Waals surface area contributed by atoms with Gasteiger partial charge in [-0.25, -0.2) is 0 Å². The third kappa shape index (κ3) is 2.67. The predicted octanol–water partition coefficient (Wildman–Crippen LogP) is 4.01. The molecule has 2 nitrogen and oxygen atoms in total. The minimum atomic E-state index is -0.299. The van der Waals surface area contributed by atoms with Crippen molar-refractivity contribution in [2.75, 3.05) is 0 Å². The van der Waals surface area contributed by atoms with E-state index in [4.69, 9.17) is 4.74 Å². The van der Waals surface area contributed by atoms with E-state index < -0.39 is 0 Å². The lowest BCUT2D eigenvalue weighted by molar-refractivity contribution is 0.180. The molecule has 0 aliphatic heterocycles. The van der Waals surface area contributed by atoms with Crippen molar-refractivity contribution >= 4 is 15.9 Å². The lowest BCUT2D eigenvalue weighted by Crippen LogP contribution is -1.97. The van der Waals surface area contributed by atoms with Gasteiger partial charge in [0.15, 0.2) is 0 Å². The summed E-state index contributed by atoms with van der Waals surface area (Å²) in [5, 5.41) is 9.77. The van der Waals surface area contributed by atoms with Gasteiger partial charge in [0, 0.05) is 10.0 Å². The predicted molar refractivity (Wildman–Crippen MR) is 78.2 cm³/mol. The molecule has 0 radical (unpaired) electrons. The lowest BCUT2D eigenvalue weighted by atomic mass is 10.1. The van der Waals surface area contributed by atoms with Crippen molar-refractivity contribution in [3.8, 4) is 5.75 Å². The molecule has 0 saturated heterocycles. The zero-order valence-corrected chi connectivity index (χ0v) is 12.1. The maximum absolute atomic E-state index is 9.77. The molecule has 0 heterocycles. The van der Waals surface area contributed by atoms with Crippen LogP contribution in [0.2, 0.25) is 0 Å². The van der Waals surface area contributed by atoms with E-state index in [1.165, 1.54) is 5.56 Å². The minimum Gasteiger partial charge on any atom is -0.489 e. The quantitative estimate of drug-likeness (QED) is 0.926. The van der Waals surface area contributed by atoms with Gasteiger partial charge in [-0.15, -0.1) is 0 Å². The summed E-state index contributed by atoms with van der Waals surface area (Å²) >= 11 is 3.51. The van der Waals surface area contributed by atoms with E-state index >= 15 is 0 Å². The van der Waals surface area contributed by atoms with Gasteiger partial charge in [-0.1, -0.05) is 40.2 Å². The summed E-state index contributed by atoms with van der Waals surface area (Å²) < 4.78 is 6.88. The van der Waals surface area contributed by atoms with Gasteiger partial charge < -0.3 is 9.84 Å². The molecule has 19 heavy (non-hydrogen) atoms. The second-order valence-electron chi connectivity index (χ2n) is 4.80. The monoisotopic (exact) mass is 318 g/mol. The molecule has 2 aromatic carbocycles. The third-order valence-electron chi connectivity index (χ3n) is 3.51. The number of fused-ring (bicyclic) bond motifs is 1. The van der Waals surface area contributed by atoms with Gasteiger partial charge >= 0.3 is 0 Å². The Labute approximate surface area is 121 Å². The van der Waals surface area contributed by atoms with Gasteiger partial charge in [0.05, 0.1) is 6.10 Å². The molecule has 2 aromatic rings. The standard InChI is InChI=1S/C16H15BrO2/c17-15-4-2-1-3-12(15)10-19-13-6-7-14-11(9-13)5-8-16(14)18/h1-4,6-7,9,16,18H,5,8,10H2/t16-/m0/s1. The van der Waals surface area contributed by atoms with E-state index in [0.717, 1.165) is 34.2 Å². The third-order valence-corrected chi connectivity index (χ3v) is 4.29. The summed E-state index contributed by atoms with van der Waals surface area (Å²) in [6, 6.07) is 14.0. The van der Waals surface area contributed by atoms with Crippen LogP contribution in [0, 0.1) is 0 Å². The fraction of sp³-hybridized carbons (Fsp3) is 0.250. The smallest absolute Gasteiger partial charge is 0.120 e. The fourth-order valence-corrected chi connectivity index (χ4v) is 2.84. The summed E-state index contributed by atoms with van der Waals surface area (Å²) in [4.78, 5) is 0. The van der Waals surface area contributed by atoms with Crippen molar-refractivity contribution in [2.24, 2.45) is 0 Å². The molecule has 0 bridgehead atoms. The molecule has 1 aliphatic rings. The molecule has 3 rings (SSSR count). The van der Waals surface area contributed by atoms with Gasteiger partial charge in [0.2, 0.25) is 0 Å². The van der Waals surface area contributed by atoms with Crippen LogP contribution in [0.4, 0.5) is 0 Å². The van der Waals surface area contributed by atoms with E-state index in [1.807, 2.05) is 42.5 Å². The van der Waals surface area contributed by atoms with E-state index in [2.05, 4.69) is 15.9 Å². The Kier molecular flexibility index (Phi) is 3.58. The Hall–Kier alpha value is -1.32. The van der Waals surface area contributed by atoms with Crippen LogP contribution in [0.3, 0.4) is 0 Å². The Morgan fingerprint density at radius 3 is 2.89 bits per heavy atom. The number of aliphatic hydroxyl groups excluding tert-OH is 1. The molecule has 0 fully saturated rings. The van der Waals surface area contributed by atoms with Crippen molar-refractivity contribution in [2.45, 2.75) is 25.6 Å². The highest BCUT2D eigenvalue weighted by Crippen LogP contribution is 2.33. The van der Waals surface area contributed by atoms with Crippen LogP contribution in [0.15, 0.2) is 46.9 Å². The zero-order chi connectivity index (χ0) is 13.2. The molecule has 0 amide bonds. The molecule has 98 valence electrons. The first kappa shape index (κ1) is 12.7. The number of rotatable bonds is 3. The van der Waals surface area contributed by atoms with Gasteiger partial charge in [0.1, 0.15) is 12.4 Å². The second-order valence-corrected chi connectivity index (χ2v) is 5.65. The van der Waals surface area contributed by atoms with Gasteiger partial charge in [-0.05, 0) is 42.2 Å². The van der Waals surface area contributed by atoms with E-state index in [-0.39, 0.29) is 6.10 Å². The highest BCUT2D eigenvalue weighted by Gasteiger charge is 2.20. The number of aliphatic hydroxyl groups is 1. The molecular weight excluding hydrogens is 304 g/mol. The van der Waals surface area contributed by atoms with Crippen LogP contribution in [-0.2, 0) is 13.0 Å². The summed E-state index contributed by atoms with van der Waals surface area (Å²) in [7, 11) is 0. The number of benzene rings is 2. The topological polar surface area (TPSA) is 29.5 Å². The van der Waals surface area contributed by atoms with Crippen LogP contribution in [0.1, 0.15) is 29.2 Å².